The second kappa shape index (κ2) is 8.65. The maximum Gasteiger partial charge on any atom is 0.280 e. The quantitative estimate of drug-likeness (QED) is 0.705. The number of nitrogens with one attached hydrogen (secondary N) is 1. The molecule has 1 unspecified atom stereocenters. The minimum atomic E-state index is -0.373. The molecule has 0 aliphatic rings. The number of hydrogen-bond donors (Lipinski definition) is 1. The van der Waals surface area contributed by atoms with Crippen LogP contribution in [0.25, 0.3) is 22.4 Å². The molecule has 2 aromatic carbocycles. The number of carbonyl (C=O) groups is 1. The van der Waals surface area contributed by atoms with Gasteiger partial charge >= 0.3 is 0 Å². The van der Waals surface area contributed by atoms with Gasteiger partial charge in [-0.1, -0.05) is 67.6 Å². The van der Waals surface area contributed by atoms with E-state index < -0.39 is 0 Å². The lowest BCUT2D eigenvalue weighted by atomic mass is 9.95. The third-order valence-corrected chi connectivity index (χ3v) is 4.78. The van der Waals surface area contributed by atoms with Gasteiger partial charge in [0.15, 0.2) is 0 Å². The molecule has 0 spiro atoms. The molecule has 1 atom stereocenters. The summed E-state index contributed by atoms with van der Waals surface area (Å²) in [4.78, 5) is 26.3. The Kier molecular flexibility index (Phi) is 6.04. The summed E-state index contributed by atoms with van der Waals surface area (Å²) < 4.78 is 1.36. The highest BCUT2D eigenvalue weighted by Crippen LogP contribution is 2.32. The zero-order valence-corrected chi connectivity index (χ0v) is 16.5. The highest BCUT2D eigenvalue weighted by Gasteiger charge is 2.25. The van der Waals surface area contributed by atoms with Crippen LogP contribution in [-0.2, 0) is 6.54 Å². The first-order valence-corrected chi connectivity index (χ1v) is 9.63. The number of aromatic nitrogens is 2. The van der Waals surface area contributed by atoms with Crippen molar-refractivity contribution in [2.75, 3.05) is 0 Å². The van der Waals surface area contributed by atoms with Crippen LogP contribution < -0.4 is 10.9 Å². The fraction of sp³-hybridized carbons (Fsp3) is 0.261. The van der Waals surface area contributed by atoms with Crippen molar-refractivity contribution < 1.29 is 4.79 Å². The van der Waals surface area contributed by atoms with Crippen molar-refractivity contribution in [3.05, 3.63) is 76.6 Å². The Hall–Kier alpha value is -3.21. The Morgan fingerprint density at radius 3 is 2.11 bits per heavy atom. The summed E-state index contributed by atoms with van der Waals surface area (Å²) in [5.74, 6) is -0.361. The number of benzene rings is 2. The monoisotopic (exact) mass is 375 g/mol. The minimum absolute atomic E-state index is 0.0288. The number of nitrogens with zero attached hydrogens (tertiary/aromatic N) is 2. The van der Waals surface area contributed by atoms with Crippen LogP contribution in [0.3, 0.4) is 0 Å². The number of aryl methyl sites for hydroxylation is 1. The Balaban J connectivity index is 2.36. The van der Waals surface area contributed by atoms with Gasteiger partial charge in [-0.25, -0.2) is 4.68 Å². The molecule has 0 aliphatic carbocycles. The second-order valence-electron chi connectivity index (χ2n) is 6.73. The largest absolute Gasteiger partial charge is 0.349 e. The standard InChI is InChI=1S/C23H25N3O2/c1-4-16(3)24-22(27)20-19(17-12-8-6-9-13-17)21(18-14-10-7-11-15-18)25-26(5-2)23(20)28/h6-16H,4-5H2,1-3H3,(H,24,27). The molecule has 0 saturated heterocycles. The van der Waals surface area contributed by atoms with E-state index in [0.29, 0.717) is 17.8 Å². The summed E-state index contributed by atoms with van der Waals surface area (Å²) in [6.45, 7) is 6.16. The SMILES string of the molecule is CCC(C)NC(=O)c1c(-c2ccccc2)c(-c2ccccc2)nn(CC)c1=O. The molecule has 0 radical (unpaired) electrons. The van der Waals surface area contributed by atoms with Gasteiger partial charge < -0.3 is 5.32 Å². The molecular formula is C23H25N3O2. The first-order valence-electron chi connectivity index (χ1n) is 9.63. The van der Waals surface area contributed by atoms with Gasteiger partial charge in [0.1, 0.15) is 5.56 Å². The van der Waals surface area contributed by atoms with Crippen LogP contribution in [0.1, 0.15) is 37.6 Å². The summed E-state index contributed by atoms with van der Waals surface area (Å²) in [5.41, 5.74) is 2.62. The van der Waals surface area contributed by atoms with Crippen LogP contribution in [0.2, 0.25) is 0 Å². The van der Waals surface area contributed by atoms with E-state index in [9.17, 15) is 9.59 Å². The average molecular weight is 375 g/mol. The number of rotatable bonds is 6. The molecular weight excluding hydrogens is 350 g/mol. The number of carbonyl (C=O) groups excluding carboxylic acids is 1. The molecule has 1 heterocycles. The van der Waals surface area contributed by atoms with E-state index in [1.165, 1.54) is 4.68 Å². The van der Waals surface area contributed by atoms with Gasteiger partial charge in [-0.2, -0.15) is 5.10 Å². The normalized spacial score (nSPS) is 11.8. The van der Waals surface area contributed by atoms with Crippen LogP contribution in [0.4, 0.5) is 0 Å². The Morgan fingerprint density at radius 1 is 1.00 bits per heavy atom. The molecule has 1 aromatic heterocycles. The van der Waals surface area contributed by atoms with Gasteiger partial charge in [0.25, 0.3) is 11.5 Å². The maximum atomic E-state index is 13.1. The molecule has 5 heteroatoms. The Morgan fingerprint density at radius 2 is 1.57 bits per heavy atom. The molecule has 1 amide bonds. The van der Waals surface area contributed by atoms with Crippen LogP contribution in [0.5, 0.6) is 0 Å². The molecule has 0 fully saturated rings. The molecule has 0 aliphatic heterocycles. The highest BCUT2D eigenvalue weighted by atomic mass is 16.2. The highest BCUT2D eigenvalue weighted by molar-refractivity contribution is 6.03. The summed E-state index contributed by atoms with van der Waals surface area (Å²) in [5, 5.41) is 7.55. The molecule has 0 saturated carbocycles. The Bertz CT molecular complexity index is 1010. The van der Waals surface area contributed by atoms with Crippen molar-refractivity contribution in [1.29, 1.82) is 0 Å². The Labute approximate surface area is 165 Å². The van der Waals surface area contributed by atoms with Crippen LogP contribution >= 0.6 is 0 Å². The van der Waals surface area contributed by atoms with E-state index in [0.717, 1.165) is 17.5 Å². The molecule has 1 N–H and O–H groups in total. The third kappa shape index (κ3) is 3.88. The van der Waals surface area contributed by atoms with Crippen LogP contribution in [0, 0.1) is 0 Å². The molecule has 0 bridgehead atoms. The van der Waals surface area contributed by atoms with E-state index in [1.807, 2.05) is 81.4 Å². The van der Waals surface area contributed by atoms with Gasteiger partial charge in [0, 0.05) is 23.7 Å². The van der Waals surface area contributed by atoms with Gasteiger partial charge in [-0.15, -0.1) is 0 Å². The summed E-state index contributed by atoms with van der Waals surface area (Å²) in [7, 11) is 0. The molecule has 5 nitrogen and oxygen atoms in total. The molecule has 3 aromatic rings. The lowest BCUT2D eigenvalue weighted by molar-refractivity contribution is 0.0937. The predicted octanol–water partition coefficient (Wildman–Crippen LogP) is 4.13. The first kappa shape index (κ1) is 19.5. The van der Waals surface area contributed by atoms with Crippen molar-refractivity contribution >= 4 is 5.91 Å². The fourth-order valence-corrected chi connectivity index (χ4v) is 3.08. The average Bonchev–Trinajstić information content (AvgIpc) is 2.74. The smallest absolute Gasteiger partial charge is 0.280 e. The lowest BCUT2D eigenvalue weighted by Gasteiger charge is -2.18. The number of amides is 1. The first-order chi connectivity index (χ1) is 13.6. The van der Waals surface area contributed by atoms with Crippen molar-refractivity contribution in [3.63, 3.8) is 0 Å². The third-order valence-electron chi connectivity index (χ3n) is 4.78. The van der Waals surface area contributed by atoms with Crippen molar-refractivity contribution in [2.24, 2.45) is 0 Å². The van der Waals surface area contributed by atoms with Crippen molar-refractivity contribution in [3.8, 4) is 22.4 Å². The van der Waals surface area contributed by atoms with Crippen molar-refractivity contribution in [2.45, 2.75) is 39.8 Å². The molecule has 28 heavy (non-hydrogen) atoms. The van der Waals surface area contributed by atoms with Crippen molar-refractivity contribution in [1.82, 2.24) is 15.1 Å². The molecule has 3 rings (SSSR count). The van der Waals surface area contributed by atoms with E-state index in [2.05, 4.69) is 10.4 Å². The van der Waals surface area contributed by atoms with E-state index in [-0.39, 0.29) is 23.1 Å². The lowest BCUT2D eigenvalue weighted by Crippen LogP contribution is -2.39. The van der Waals surface area contributed by atoms with Gasteiger partial charge in [0.05, 0.1) is 5.69 Å². The maximum absolute atomic E-state index is 13.1. The minimum Gasteiger partial charge on any atom is -0.349 e. The number of hydrogen-bond acceptors (Lipinski definition) is 3. The topological polar surface area (TPSA) is 64.0 Å². The van der Waals surface area contributed by atoms with E-state index in [4.69, 9.17) is 0 Å². The fourth-order valence-electron chi connectivity index (χ4n) is 3.08. The van der Waals surface area contributed by atoms with Gasteiger partial charge in [-0.05, 0) is 25.8 Å². The van der Waals surface area contributed by atoms with E-state index >= 15 is 0 Å². The van der Waals surface area contributed by atoms with Crippen LogP contribution in [-0.4, -0.2) is 21.7 Å². The summed E-state index contributed by atoms with van der Waals surface area (Å²) in [6, 6.07) is 19.1. The predicted molar refractivity (Wildman–Crippen MR) is 112 cm³/mol. The van der Waals surface area contributed by atoms with Gasteiger partial charge in [-0.3, -0.25) is 9.59 Å². The van der Waals surface area contributed by atoms with Crippen LogP contribution in [0.15, 0.2) is 65.5 Å². The summed E-state index contributed by atoms with van der Waals surface area (Å²) in [6.07, 6.45) is 0.783. The van der Waals surface area contributed by atoms with Gasteiger partial charge in [0.2, 0.25) is 0 Å². The zero-order valence-electron chi connectivity index (χ0n) is 16.5. The van der Waals surface area contributed by atoms with E-state index in [1.54, 1.807) is 0 Å². The second-order valence-corrected chi connectivity index (χ2v) is 6.73. The molecule has 144 valence electrons. The zero-order chi connectivity index (χ0) is 20.1. The summed E-state index contributed by atoms with van der Waals surface area (Å²) >= 11 is 0.